The van der Waals surface area contributed by atoms with E-state index in [9.17, 15) is 23.8 Å². The lowest BCUT2D eigenvalue weighted by Gasteiger charge is -2.38. The SMILES string of the molecule is N#Cc1cccc(C2CCc3c(Br)cccc3N2S(=O)(=O)c2ccccc2[N+](=O)[O-])c1. The highest BCUT2D eigenvalue weighted by Crippen LogP contribution is 2.45. The van der Waals surface area contributed by atoms with Crippen molar-refractivity contribution < 1.29 is 13.3 Å². The van der Waals surface area contributed by atoms with Crippen LogP contribution in [0.5, 0.6) is 0 Å². The molecule has 0 N–H and O–H groups in total. The zero-order valence-electron chi connectivity index (χ0n) is 16.1. The lowest BCUT2D eigenvalue weighted by molar-refractivity contribution is -0.387. The van der Waals surface area contributed by atoms with Crippen LogP contribution in [0.3, 0.4) is 0 Å². The van der Waals surface area contributed by atoms with Crippen molar-refractivity contribution in [2.75, 3.05) is 4.31 Å². The van der Waals surface area contributed by atoms with E-state index in [1.165, 1.54) is 28.6 Å². The number of para-hydroxylation sites is 1. The van der Waals surface area contributed by atoms with Crippen LogP contribution in [-0.4, -0.2) is 13.3 Å². The molecule has 0 spiro atoms. The molecule has 31 heavy (non-hydrogen) atoms. The van der Waals surface area contributed by atoms with E-state index in [1.54, 1.807) is 36.4 Å². The molecule has 7 nitrogen and oxygen atoms in total. The number of hydrogen-bond donors (Lipinski definition) is 0. The maximum Gasteiger partial charge on any atom is 0.289 e. The summed E-state index contributed by atoms with van der Waals surface area (Å²) in [6.07, 6.45) is 1.07. The van der Waals surface area contributed by atoms with Gasteiger partial charge >= 0.3 is 0 Å². The first-order valence-corrected chi connectivity index (χ1v) is 11.6. The van der Waals surface area contributed by atoms with Crippen molar-refractivity contribution in [1.29, 1.82) is 5.26 Å². The third-order valence-corrected chi connectivity index (χ3v) is 7.89. The van der Waals surface area contributed by atoms with Gasteiger partial charge in [0.25, 0.3) is 15.7 Å². The summed E-state index contributed by atoms with van der Waals surface area (Å²) in [5.41, 5.74) is 1.88. The van der Waals surface area contributed by atoms with Crippen LogP contribution in [0.4, 0.5) is 11.4 Å². The average molecular weight is 498 g/mol. The maximum absolute atomic E-state index is 13.9. The fraction of sp³-hybridized carbons (Fsp3) is 0.136. The van der Waals surface area contributed by atoms with Gasteiger partial charge in [-0.25, -0.2) is 8.42 Å². The number of nitriles is 1. The number of nitro groups is 1. The number of halogens is 1. The van der Waals surface area contributed by atoms with Gasteiger partial charge in [-0.15, -0.1) is 0 Å². The normalized spacial score (nSPS) is 15.7. The summed E-state index contributed by atoms with van der Waals surface area (Å²) in [6.45, 7) is 0. The number of fused-ring (bicyclic) bond motifs is 1. The van der Waals surface area contributed by atoms with Crippen molar-refractivity contribution in [2.24, 2.45) is 0 Å². The molecule has 4 rings (SSSR count). The van der Waals surface area contributed by atoms with Crippen LogP contribution in [0.2, 0.25) is 0 Å². The summed E-state index contributed by atoms with van der Waals surface area (Å²) in [4.78, 5) is 10.5. The number of rotatable bonds is 4. The molecule has 156 valence electrons. The lowest BCUT2D eigenvalue weighted by Crippen LogP contribution is -2.38. The maximum atomic E-state index is 13.9. The monoisotopic (exact) mass is 497 g/mol. The van der Waals surface area contributed by atoms with Gasteiger partial charge < -0.3 is 0 Å². The third kappa shape index (κ3) is 3.69. The number of nitrogens with zero attached hydrogens (tertiary/aromatic N) is 3. The van der Waals surface area contributed by atoms with Crippen molar-refractivity contribution in [3.8, 4) is 6.07 Å². The molecule has 1 heterocycles. The Bertz CT molecular complexity index is 1330. The quantitative estimate of drug-likeness (QED) is 0.367. The van der Waals surface area contributed by atoms with Crippen molar-refractivity contribution in [1.82, 2.24) is 0 Å². The zero-order chi connectivity index (χ0) is 22.2. The first-order chi connectivity index (χ1) is 14.8. The lowest BCUT2D eigenvalue weighted by atomic mass is 9.93. The van der Waals surface area contributed by atoms with E-state index in [-0.39, 0.29) is 4.90 Å². The van der Waals surface area contributed by atoms with E-state index < -0.39 is 26.7 Å². The summed E-state index contributed by atoms with van der Waals surface area (Å²) < 4.78 is 29.8. The Hall–Kier alpha value is -3.22. The van der Waals surface area contributed by atoms with E-state index in [2.05, 4.69) is 22.0 Å². The molecule has 1 unspecified atom stereocenters. The third-order valence-electron chi connectivity index (χ3n) is 5.28. The minimum Gasteiger partial charge on any atom is -0.258 e. The largest absolute Gasteiger partial charge is 0.289 e. The first-order valence-electron chi connectivity index (χ1n) is 9.40. The molecule has 3 aromatic carbocycles. The molecule has 3 aromatic rings. The van der Waals surface area contributed by atoms with Crippen molar-refractivity contribution in [2.45, 2.75) is 23.8 Å². The van der Waals surface area contributed by atoms with Gasteiger partial charge in [-0.3, -0.25) is 14.4 Å². The highest BCUT2D eigenvalue weighted by atomic mass is 79.9. The van der Waals surface area contributed by atoms with E-state index in [0.717, 1.165) is 10.0 Å². The molecule has 1 atom stereocenters. The van der Waals surface area contributed by atoms with Crippen molar-refractivity contribution in [3.05, 3.63) is 98.0 Å². The molecule has 0 saturated carbocycles. The zero-order valence-corrected chi connectivity index (χ0v) is 18.5. The molecular formula is C22H16BrN3O4S. The number of nitro benzene ring substituents is 1. The summed E-state index contributed by atoms with van der Waals surface area (Å²) in [5, 5.41) is 20.9. The molecule has 0 bridgehead atoms. The van der Waals surface area contributed by atoms with Crippen LogP contribution < -0.4 is 4.31 Å². The summed E-state index contributed by atoms with van der Waals surface area (Å²) >= 11 is 3.50. The number of anilines is 1. The molecule has 0 radical (unpaired) electrons. The molecule has 0 amide bonds. The van der Waals surface area contributed by atoms with Crippen LogP contribution >= 0.6 is 15.9 Å². The Balaban J connectivity index is 1.97. The minimum absolute atomic E-state index is 0.366. The molecule has 9 heteroatoms. The van der Waals surface area contributed by atoms with Gasteiger partial charge in [0.1, 0.15) is 0 Å². The highest BCUT2D eigenvalue weighted by molar-refractivity contribution is 9.10. The van der Waals surface area contributed by atoms with Gasteiger partial charge in [0.2, 0.25) is 0 Å². The Kier molecular flexibility index (Phi) is 5.52. The minimum atomic E-state index is -4.30. The van der Waals surface area contributed by atoms with Crippen molar-refractivity contribution in [3.63, 3.8) is 0 Å². The second-order valence-corrected chi connectivity index (χ2v) is 9.69. The summed E-state index contributed by atoms with van der Waals surface area (Å²) in [6, 6.07) is 18.9. The molecule has 0 fully saturated rings. The summed E-state index contributed by atoms with van der Waals surface area (Å²) in [7, 11) is -4.30. The summed E-state index contributed by atoms with van der Waals surface area (Å²) in [5.74, 6) is 0. The fourth-order valence-electron chi connectivity index (χ4n) is 3.91. The molecule has 0 aliphatic carbocycles. The Morgan fingerprint density at radius 2 is 1.84 bits per heavy atom. The van der Waals surface area contributed by atoms with Gasteiger partial charge in [0, 0.05) is 10.5 Å². The molecule has 0 aromatic heterocycles. The smallest absolute Gasteiger partial charge is 0.258 e. The van der Waals surface area contributed by atoms with Crippen LogP contribution in [-0.2, 0) is 16.4 Å². The number of sulfonamides is 1. The van der Waals surface area contributed by atoms with E-state index in [0.29, 0.717) is 29.7 Å². The van der Waals surface area contributed by atoms with Gasteiger partial charge in [0.15, 0.2) is 4.90 Å². The van der Waals surface area contributed by atoms with Crippen LogP contribution in [0.15, 0.2) is 76.1 Å². The van der Waals surface area contributed by atoms with Crippen LogP contribution in [0.1, 0.15) is 29.2 Å². The second kappa shape index (κ2) is 8.13. The standard InChI is InChI=1S/C22H16BrN3O4S/c23-18-7-4-9-20-17(18)11-12-19(16-6-3-5-15(13-16)14-24)25(20)31(29,30)22-10-2-1-8-21(22)26(27)28/h1-10,13,19H,11-12H2. The number of hydrogen-bond acceptors (Lipinski definition) is 5. The van der Waals surface area contributed by atoms with Gasteiger partial charge in [0.05, 0.1) is 28.3 Å². The Morgan fingerprint density at radius 3 is 2.58 bits per heavy atom. The molecular weight excluding hydrogens is 482 g/mol. The molecule has 0 saturated heterocycles. The highest BCUT2D eigenvalue weighted by Gasteiger charge is 2.40. The van der Waals surface area contributed by atoms with Crippen LogP contribution in [0, 0.1) is 21.4 Å². The van der Waals surface area contributed by atoms with E-state index in [1.807, 2.05) is 6.07 Å². The fourth-order valence-corrected chi connectivity index (χ4v) is 6.33. The average Bonchev–Trinajstić information content (AvgIpc) is 2.78. The first kappa shape index (κ1) is 21.0. The van der Waals surface area contributed by atoms with Crippen LogP contribution in [0.25, 0.3) is 0 Å². The topological polar surface area (TPSA) is 104 Å². The van der Waals surface area contributed by atoms with Gasteiger partial charge in [-0.1, -0.05) is 46.3 Å². The Morgan fingerprint density at radius 1 is 1.10 bits per heavy atom. The second-order valence-electron chi connectivity index (χ2n) is 7.05. The van der Waals surface area contributed by atoms with Crippen molar-refractivity contribution >= 4 is 37.3 Å². The molecule has 1 aliphatic rings. The van der Waals surface area contributed by atoms with Gasteiger partial charge in [-0.2, -0.15) is 5.26 Å². The predicted octanol–water partition coefficient (Wildman–Crippen LogP) is 5.11. The molecule has 1 aliphatic heterocycles. The number of benzene rings is 3. The Labute approximate surface area is 187 Å². The van der Waals surface area contributed by atoms with E-state index in [4.69, 9.17) is 0 Å². The predicted molar refractivity (Wildman–Crippen MR) is 119 cm³/mol. The van der Waals surface area contributed by atoms with Gasteiger partial charge in [-0.05, 0) is 54.3 Å². The van der Waals surface area contributed by atoms with E-state index >= 15 is 0 Å².